The predicted octanol–water partition coefficient (Wildman–Crippen LogP) is 2.52. The standard InChI is InChI=1S/C26H29N5O6S/c1-35-16-11-9-15(10-12-16)22(25(33)29-14-17-6-5-13-37-17)31(18-7-3-4-8-19(18)36-2)26(34)23-20(27)21(24(28)32)30-38-23/h3-4,7-12,17,22H,5-6,13-14,27H2,1-2H3,(H2,28,32)(H,29,33). The summed E-state index contributed by atoms with van der Waals surface area (Å²) >= 11 is 0.734. The molecule has 11 nitrogen and oxygen atoms in total. The average Bonchev–Trinajstić information content (AvgIpc) is 3.60. The SMILES string of the molecule is COc1ccc(C(C(=O)NCC2CCCO2)N(C(=O)c2snc(C(N)=O)c2N)c2ccccc2OC)cc1. The number of carbonyl (C=O) groups is 3. The number of anilines is 2. The topological polar surface area (TPSA) is 159 Å². The van der Waals surface area contributed by atoms with E-state index in [2.05, 4.69) is 9.69 Å². The molecule has 0 aliphatic carbocycles. The van der Waals surface area contributed by atoms with Crippen LogP contribution in [0.1, 0.15) is 44.6 Å². The maximum Gasteiger partial charge on any atom is 0.273 e. The summed E-state index contributed by atoms with van der Waals surface area (Å²) in [5.74, 6) is -1.01. The van der Waals surface area contributed by atoms with Crippen LogP contribution in [0, 0.1) is 0 Å². The third-order valence-electron chi connectivity index (χ3n) is 6.19. The molecule has 2 heterocycles. The first-order valence-corrected chi connectivity index (χ1v) is 12.7. The third-order valence-corrected chi connectivity index (χ3v) is 7.04. The van der Waals surface area contributed by atoms with Gasteiger partial charge < -0.3 is 31.0 Å². The van der Waals surface area contributed by atoms with Gasteiger partial charge in [0.25, 0.3) is 11.8 Å². The minimum atomic E-state index is -1.15. The number of aromatic nitrogens is 1. The Balaban J connectivity index is 1.84. The van der Waals surface area contributed by atoms with Crippen molar-refractivity contribution in [1.29, 1.82) is 0 Å². The van der Waals surface area contributed by atoms with Gasteiger partial charge in [0.05, 0.1) is 31.7 Å². The summed E-state index contributed by atoms with van der Waals surface area (Å²) in [5.41, 5.74) is 12.0. The number of hydrogen-bond acceptors (Lipinski definition) is 9. The summed E-state index contributed by atoms with van der Waals surface area (Å²) in [6, 6.07) is 12.5. The van der Waals surface area contributed by atoms with E-state index in [1.165, 1.54) is 19.1 Å². The van der Waals surface area contributed by atoms with Crippen LogP contribution in [-0.2, 0) is 9.53 Å². The number of hydrogen-bond donors (Lipinski definition) is 3. The molecule has 12 heteroatoms. The van der Waals surface area contributed by atoms with Crippen LogP contribution < -0.4 is 31.2 Å². The van der Waals surface area contributed by atoms with Crippen LogP contribution in [0.5, 0.6) is 11.5 Å². The number of primary amides is 1. The van der Waals surface area contributed by atoms with Crippen LogP contribution >= 0.6 is 11.5 Å². The van der Waals surface area contributed by atoms with Gasteiger partial charge in [-0.2, -0.15) is 4.37 Å². The largest absolute Gasteiger partial charge is 0.497 e. The molecule has 0 spiro atoms. The second kappa shape index (κ2) is 11.9. The molecule has 200 valence electrons. The second-order valence-corrected chi connectivity index (χ2v) is 9.31. The number of benzene rings is 2. The summed E-state index contributed by atoms with van der Waals surface area (Å²) < 4.78 is 20.5. The van der Waals surface area contributed by atoms with Gasteiger partial charge in [0.1, 0.15) is 22.4 Å². The Bertz CT molecular complexity index is 1310. The Morgan fingerprint density at radius 2 is 1.89 bits per heavy atom. The molecule has 0 radical (unpaired) electrons. The summed E-state index contributed by atoms with van der Waals surface area (Å²) in [6.07, 6.45) is 1.64. The first kappa shape index (κ1) is 26.9. The highest BCUT2D eigenvalue weighted by Crippen LogP contribution is 2.38. The lowest BCUT2D eigenvalue weighted by molar-refractivity contribution is -0.123. The smallest absolute Gasteiger partial charge is 0.273 e. The molecular weight excluding hydrogens is 510 g/mol. The van der Waals surface area contributed by atoms with Gasteiger partial charge in [-0.1, -0.05) is 24.3 Å². The number of nitrogens with two attached hydrogens (primary N) is 2. The highest BCUT2D eigenvalue weighted by molar-refractivity contribution is 7.09. The zero-order valence-corrected chi connectivity index (χ0v) is 21.8. The fourth-order valence-electron chi connectivity index (χ4n) is 4.25. The Kier molecular flexibility index (Phi) is 8.44. The molecule has 2 atom stereocenters. The van der Waals surface area contributed by atoms with Crippen molar-refractivity contribution in [1.82, 2.24) is 9.69 Å². The molecule has 2 aromatic carbocycles. The lowest BCUT2D eigenvalue weighted by Gasteiger charge is -2.32. The van der Waals surface area contributed by atoms with Crippen molar-refractivity contribution in [2.24, 2.45) is 5.73 Å². The normalized spacial score (nSPS) is 15.5. The molecule has 1 aromatic heterocycles. The summed E-state index contributed by atoms with van der Waals surface area (Å²) in [6.45, 7) is 0.926. The molecule has 1 fully saturated rings. The van der Waals surface area contributed by atoms with Gasteiger partial charge in [-0.25, -0.2) is 0 Å². The maximum absolute atomic E-state index is 14.2. The Morgan fingerprint density at radius 3 is 2.50 bits per heavy atom. The van der Waals surface area contributed by atoms with E-state index in [9.17, 15) is 14.4 Å². The lowest BCUT2D eigenvalue weighted by Crippen LogP contribution is -2.45. The molecule has 3 aromatic rings. The number of nitrogen functional groups attached to an aromatic ring is 1. The van der Waals surface area contributed by atoms with E-state index < -0.39 is 23.8 Å². The van der Waals surface area contributed by atoms with Gasteiger partial charge in [-0.05, 0) is 54.2 Å². The first-order chi connectivity index (χ1) is 18.3. The number of ether oxygens (including phenoxy) is 3. The summed E-state index contributed by atoms with van der Waals surface area (Å²) in [7, 11) is 3.00. The van der Waals surface area contributed by atoms with Crippen molar-refractivity contribution >= 4 is 40.6 Å². The zero-order chi connectivity index (χ0) is 27.2. The van der Waals surface area contributed by atoms with Gasteiger partial charge in [0, 0.05) is 13.2 Å². The van der Waals surface area contributed by atoms with Crippen LogP contribution in [0.15, 0.2) is 48.5 Å². The van der Waals surface area contributed by atoms with E-state index in [0.29, 0.717) is 29.4 Å². The van der Waals surface area contributed by atoms with E-state index in [1.54, 1.807) is 48.5 Å². The van der Waals surface area contributed by atoms with Crippen molar-refractivity contribution in [2.45, 2.75) is 25.0 Å². The van der Waals surface area contributed by atoms with E-state index in [0.717, 1.165) is 24.4 Å². The van der Waals surface area contributed by atoms with Crippen molar-refractivity contribution in [2.75, 3.05) is 38.0 Å². The summed E-state index contributed by atoms with van der Waals surface area (Å²) in [5, 5.41) is 2.94. The number of rotatable bonds is 10. The van der Waals surface area contributed by atoms with Crippen LogP contribution in [-0.4, -0.2) is 55.6 Å². The number of amides is 3. The molecule has 38 heavy (non-hydrogen) atoms. The minimum Gasteiger partial charge on any atom is -0.497 e. The minimum absolute atomic E-state index is 0.0323. The number of para-hydroxylation sites is 2. The maximum atomic E-state index is 14.2. The highest BCUT2D eigenvalue weighted by Gasteiger charge is 2.37. The summed E-state index contributed by atoms with van der Waals surface area (Å²) in [4.78, 5) is 41.1. The van der Waals surface area contributed by atoms with Crippen molar-refractivity contribution in [3.63, 3.8) is 0 Å². The molecule has 0 saturated carbocycles. The fraction of sp³-hybridized carbons (Fsp3) is 0.308. The van der Waals surface area contributed by atoms with Crippen LogP contribution in [0.25, 0.3) is 0 Å². The number of nitrogens with zero attached hydrogens (tertiary/aromatic N) is 2. The van der Waals surface area contributed by atoms with Crippen LogP contribution in [0.2, 0.25) is 0 Å². The lowest BCUT2D eigenvalue weighted by atomic mass is 10.0. The first-order valence-electron chi connectivity index (χ1n) is 11.9. The van der Waals surface area contributed by atoms with Gasteiger partial charge in [-0.15, -0.1) is 0 Å². The number of nitrogens with one attached hydrogen (secondary N) is 1. The predicted molar refractivity (Wildman–Crippen MR) is 143 cm³/mol. The number of carbonyl (C=O) groups excluding carboxylic acids is 3. The molecular formula is C26H29N5O6S. The average molecular weight is 540 g/mol. The molecule has 4 rings (SSSR count). The Labute approximate surface area is 223 Å². The van der Waals surface area contributed by atoms with Gasteiger partial charge in [-0.3, -0.25) is 19.3 Å². The molecule has 1 aliphatic rings. The van der Waals surface area contributed by atoms with Crippen molar-refractivity contribution in [3.8, 4) is 11.5 Å². The molecule has 3 amide bonds. The highest BCUT2D eigenvalue weighted by atomic mass is 32.1. The van der Waals surface area contributed by atoms with Crippen molar-refractivity contribution in [3.05, 3.63) is 64.7 Å². The molecule has 1 aliphatic heterocycles. The van der Waals surface area contributed by atoms with Gasteiger partial charge in [0.2, 0.25) is 5.91 Å². The molecule has 1 saturated heterocycles. The quantitative estimate of drug-likeness (QED) is 0.354. The Hall–Kier alpha value is -4.16. The molecule has 5 N–H and O–H groups in total. The van der Waals surface area contributed by atoms with E-state index in [4.69, 9.17) is 25.7 Å². The third kappa shape index (κ3) is 5.55. The van der Waals surface area contributed by atoms with Crippen molar-refractivity contribution < 1.29 is 28.6 Å². The van der Waals surface area contributed by atoms with E-state index >= 15 is 0 Å². The van der Waals surface area contributed by atoms with Crippen LogP contribution in [0.4, 0.5) is 11.4 Å². The number of methoxy groups -OCH3 is 2. The zero-order valence-electron chi connectivity index (χ0n) is 21.0. The van der Waals surface area contributed by atoms with E-state index in [-0.39, 0.29) is 28.9 Å². The monoisotopic (exact) mass is 539 g/mol. The molecule has 2 unspecified atom stereocenters. The van der Waals surface area contributed by atoms with Gasteiger partial charge >= 0.3 is 0 Å². The fourth-order valence-corrected chi connectivity index (χ4v) is 5.00. The van der Waals surface area contributed by atoms with Crippen LogP contribution in [0.3, 0.4) is 0 Å². The second-order valence-electron chi connectivity index (χ2n) is 8.54. The van der Waals surface area contributed by atoms with Gasteiger partial charge in [0.15, 0.2) is 5.69 Å². The molecule has 0 bridgehead atoms. The Morgan fingerprint density at radius 1 is 1.16 bits per heavy atom. The van der Waals surface area contributed by atoms with E-state index in [1.807, 2.05) is 0 Å².